The molecule has 0 saturated heterocycles. The molecule has 20 rings (SSSR count). The number of fused-ring (bicyclic) bond motifs is 12. The van der Waals surface area contributed by atoms with E-state index < -0.39 is 0 Å². The van der Waals surface area contributed by atoms with Crippen molar-refractivity contribution in [3.05, 3.63) is 423 Å². The summed E-state index contributed by atoms with van der Waals surface area (Å²) in [5.41, 5.74) is 5.73. The van der Waals surface area contributed by atoms with Crippen LogP contribution in [0.3, 0.4) is 0 Å². The summed E-state index contributed by atoms with van der Waals surface area (Å²) in [7, 11) is 0. The van der Waals surface area contributed by atoms with Crippen LogP contribution < -0.4 is 0 Å². The third-order valence-corrected chi connectivity index (χ3v) is 27.8. The second-order valence-corrected chi connectivity index (χ2v) is 38.4. The summed E-state index contributed by atoms with van der Waals surface area (Å²) >= 11 is 52.8. The molecule has 0 nitrogen and oxygen atoms in total. The highest BCUT2D eigenvalue weighted by atomic mass is 79.9. The molecule has 2 atom stereocenters. The van der Waals surface area contributed by atoms with Crippen molar-refractivity contribution in [2.45, 2.75) is 0 Å². The van der Waals surface area contributed by atoms with E-state index in [9.17, 15) is 0 Å². The molecule has 109 heavy (non-hydrogen) atoms. The van der Waals surface area contributed by atoms with Crippen LogP contribution in [-0.2, 0) is 0 Å². The molecule has 16 aromatic rings. The van der Waals surface area contributed by atoms with Gasteiger partial charge in [-0.3, -0.25) is 0 Å². The quantitative estimate of drug-likeness (QED) is 0.105. The molecule has 0 spiro atoms. The van der Waals surface area contributed by atoms with Gasteiger partial charge in [0.05, 0.1) is 0 Å². The SMILES string of the molecule is BrC1=C2C=CC3=CC=CC4=CC=C(C=C1)C2C34.Brc1c2ccccc2c(Br)c2ccccc12.Brc1cc2c3ccccc3c(Br)cc2c2ccccc12.Brc1ccc(Br)c2ccccc12.Brc1ccc(Br)cc1.Brc1ccc2cc(Br)c3ccccc3c2c1.Brc1ccc2cc(Br)ccc2c1.Brc1cccc(Br)c1. The molecule has 2 unspecified atom stereocenters. The third kappa shape index (κ3) is 20.0. The molecule has 0 radical (unpaired) electrons. The molecule has 538 valence electrons. The molecule has 0 N–H and O–H groups in total. The van der Waals surface area contributed by atoms with Crippen molar-refractivity contribution in [2.24, 2.45) is 11.8 Å². The van der Waals surface area contributed by atoms with E-state index in [4.69, 9.17) is 0 Å². The minimum Gasteiger partial charge on any atom is -0.0617 e. The topological polar surface area (TPSA) is 0 Å². The average molecular weight is 2390 g/mol. The Morgan fingerprint density at radius 3 is 0.936 bits per heavy atom. The number of hydrogen-bond acceptors (Lipinski definition) is 0. The fourth-order valence-electron chi connectivity index (χ4n) is 13.4. The van der Waals surface area contributed by atoms with Gasteiger partial charge in [-0.15, -0.1) is 0 Å². The predicted octanol–water partition coefficient (Wildman–Crippen LogP) is 37.2. The molecule has 4 aliphatic carbocycles. The van der Waals surface area contributed by atoms with E-state index in [1.165, 1.54) is 133 Å². The Labute approximate surface area is 760 Å². The Hall–Kier alpha value is -4.76. The van der Waals surface area contributed by atoms with Gasteiger partial charge in [-0.05, 0) is 266 Å². The van der Waals surface area contributed by atoms with E-state index in [1.807, 2.05) is 72.8 Å². The Bertz CT molecular complexity index is 6070. The molecule has 0 aromatic heterocycles. The van der Waals surface area contributed by atoms with Gasteiger partial charge in [0.2, 0.25) is 0 Å². The van der Waals surface area contributed by atoms with Crippen LogP contribution in [0.15, 0.2) is 423 Å². The number of halogens is 15. The first kappa shape index (κ1) is 82.2. The Kier molecular flexibility index (Phi) is 29.1. The lowest BCUT2D eigenvalue weighted by atomic mass is 9.65. The summed E-state index contributed by atoms with van der Waals surface area (Å²) < 4.78 is 17.1. The summed E-state index contributed by atoms with van der Waals surface area (Å²) in [4.78, 5) is 0. The molecular formula is C94H57Br15. The zero-order chi connectivity index (χ0) is 76.4. The molecular weight excluding hydrogens is 2330 g/mol. The summed E-state index contributed by atoms with van der Waals surface area (Å²) in [6, 6.07) is 96.1. The second kappa shape index (κ2) is 38.6. The van der Waals surface area contributed by atoms with Crippen molar-refractivity contribution >= 4 is 336 Å². The van der Waals surface area contributed by atoms with Crippen LogP contribution in [0, 0.1) is 11.8 Å². The van der Waals surface area contributed by atoms with Crippen molar-refractivity contribution in [2.75, 3.05) is 0 Å². The fourth-order valence-corrected chi connectivity index (χ4v) is 20.7. The third-order valence-electron chi connectivity index (χ3n) is 18.5. The molecule has 0 bridgehead atoms. The predicted molar refractivity (Wildman–Crippen MR) is 525 cm³/mol. The smallest absolute Gasteiger partial charge is 0.0332 e. The molecule has 0 saturated carbocycles. The van der Waals surface area contributed by atoms with Crippen molar-refractivity contribution < 1.29 is 0 Å². The van der Waals surface area contributed by atoms with Gasteiger partial charge in [0.1, 0.15) is 0 Å². The highest BCUT2D eigenvalue weighted by Crippen LogP contribution is 2.51. The van der Waals surface area contributed by atoms with Crippen molar-refractivity contribution in [3.63, 3.8) is 0 Å². The second-order valence-electron chi connectivity index (χ2n) is 25.3. The van der Waals surface area contributed by atoms with E-state index in [-0.39, 0.29) is 0 Å². The van der Waals surface area contributed by atoms with Crippen LogP contribution in [0.2, 0.25) is 0 Å². The van der Waals surface area contributed by atoms with E-state index in [1.54, 1.807) is 0 Å². The minimum absolute atomic E-state index is 0.510. The monoisotopic (exact) mass is 2370 g/mol. The summed E-state index contributed by atoms with van der Waals surface area (Å²) in [6.45, 7) is 0. The van der Waals surface area contributed by atoms with Crippen LogP contribution in [0.1, 0.15) is 0 Å². The summed E-state index contributed by atoms with van der Waals surface area (Å²) in [6.07, 6.45) is 20.1. The first-order valence-corrected chi connectivity index (χ1v) is 45.9. The van der Waals surface area contributed by atoms with Crippen LogP contribution in [0.5, 0.6) is 0 Å². The number of rotatable bonds is 0. The first-order chi connectivity index (χ1) is 52.8. The highest BCUT2D eigenvalue weighted by molar-refractivity contribution is 9.13. The maximum Gasteiger partial charge on any atom is 0.0332 e. The van der Waals surface area contributed by atoms with Gasteiger partial charge in [-0.25, -0.2) is 0 Å². The minimum atomic E-state index is 0.510. The summed E-state index contributed by atoms with van der Waals surface area (Å²) in [5, 5.41) is 22.7. The standard InChI is InChI=1S/C18H10Br2.C16H11Br.2C14H8Br2.2C10H6Br2.2C6H4Br2/c19-17-10-16-12-6-2-4-8-14(12)18(20)9-15(16)11-5-1-3-7-13(11)17;17-14-9-7-12-5-4-10-2-1-3-11-6-8-13(14)16(12)15(10)11;15-13-9-5-1-2-6-10(9)14(16)12-8-4-3-7-11(12)13;15-10-6-5-9-7-14(16)12-4-2-1-3-11(12)13(9)8-10;11-9-3-1-7-5-10(12)4-2-8(7)6-9;11-9-5-6-10(12)8-4-2-1-3-7(8)9;7-5-1-2-6(8)4-3-5;7-5-2-1-3-6(8)4-5/h1-10H;1-9,15-16H;2*1-8H;2*1-6H;2*1-4H. The number of benzene rings is 16. The Morgan fingerprint density at radius 2 is 0.514 bits per heavy atom. The van der Waals surface area contributed by atoms with Gasteiger partial charge in [-0.2, -0.15) is 0 Å². The average Bonchev–Trinajstić information content (AvgIpc) is 0.756. The normalized spacial score (nSPS) is 14.0. The molecule has 4 aliphatic rings. The maximum absolute atomic E-state index is 3.71. The van der Waals surface area contributed by atoms with Crippen molar-refractivity contribution in [1.29, 1.82) is 0 Å². The highest BCUT2D eigenvalue weighted by Gasteiger charge is 2.38. The largest absolute Gasteiger partial charge is 0.0617 e. The van der Waals surface area contributed by atoms with Crippen molar-refractivity contribution in [1.82, 2.24) is 0 Å². The molecule has 0 fully saturated rings. The van der Waals surface area contributed by atoms with Crippen molar-refractivity contribution in [3.8, 4) is 0 Å². The van der Waals surface area contributed by atoms with E-state index in [0.717, 1.165) is 53.7 Å². The molecule has 0 aliphatic heterocycles. The molecule has 15 heteroatoms. The molecule has 0 amide bonds. The lowest BCUT2D eigenvalue weighted by Crippen LogP contribution is -2.28. The van der Waals surface area contributed by atoms with Crippen LogP contribution in [0.25, 0.3) is 97.0 Å². The van der Waals surface area contributed by atoms with Crippen LogP contribution in [0.4, 0.5) is 0 Å². The molecule has 0 heterocycles. The lowest BCUT2D eigenvalue weighted by molar-refractivity contribution is 0.563. The van der Waals surface area contributed by atoms with E-state index in [0.29, 0.717) is 11.8 Å². The van der Waals surface area contributed by atoms with Crippen LogP contribution in [-0.4, -0.2) is 0 Å². The van der Waals surface area contributed by atoms with E-state index in [2.05, 4.69) is 500 Å². The van der Waals surface area contributed by atoms with Gasteiger partial charge in [0.25, 0.3) is 0 Å². The van der Waals surface area contributed by atoms with Gasteiger partial charge in [0.15, 0.2) is 0 Å². The number of hydrogen-bond donors (Lipinski definition) is 0. The zero-order valence-corrected chi connectivity index (χ0v) is 80.9. The van der Waals surface area contributed by atoms with E-state index >= 15 is 0 Å². The zero-order valence-electron chi connectivity index (χ0n) is 57.1. The number of allylic oxidation sites excluding steroid dienone is 14. The van der Waals surface area contributed by atoms with Gasteiger partial charge in [-0.1, -0.05) is 426 Å². The van der Waals surface area contributed by atoms with Crippen LogP contribution >= 0.6 is 239 Å². The van der Waals surface area contributed by atoms with Gasteiger partial charge < -0.3 is 0 Å². The first-order valence-electron chi connectivity index (χ1n) is 34.0. The summed E-state index contributed by atoms with van der Waals surface area (Å²) in [5.74, 6) is 1.04. The Morgan fingerprint density at radius 1 is 0.183 bits per heavy atom. The Balaban J connectivity index is 0.000000111. The fraction of sp³-hybridized carbons (Fsp3) is 0.0213. The maximum atomic E-state index is 3.71. The lowest BCUT2D eigenvalue weighted by Gasteiger charge is -2.39. The van der Waals surface area contributed by atoms with Gasteiger partial charge >= 0.3 is 0 Å². The molecule has 16 aromatic carbocycles. The van der Waals surface area contributed by atoms with Gasteiger partial charge in [0, 0.05) is 78.9 Å².